The van der Waals surface area contributed by atoms with E-state index in [-0.39, 0.29) is 11.5 Å². The molecule has 3 nitrogen and oxygen atoms in total. The first-order valence-electron chi connectivity index (χ1n) is 5.36. The van der Waals surface area contributed by atoms with E-state index in [2.05, 4.69) is 26.1 Å². The largest absolute Gasteiger partial charge is 0.480 e. The number of nitrogens with one attached hydrogen (secondary N) is 1. The second kappa shape index (κ2) is 4.30. The van der Waals surface area contributed by atoms with Crippen LogP contribution in [-0.4, -0.2) is 23.7 Å². The van der Waals surface area contributed by atoms with Crippen LogP contribution in [0.2, 0.25) is 0 Å². The van der Waals surface area contributed by atoms with Crippen molar-refractivity contribution < 1.29 is 9.90 Å². The molecule has 1 unspecified atom stereocenters. The summed E-state index contributed by atoms with van der Waals surface area (Å²) in [5.41, 5.74) is 0.277. The summed E-state index contributed by atoms with van der Waals surface area (Å²) >= 11 is 0. The van der Waals surface area contributed by atoms with Crippen molar-refractivity contribution in [2.75, 3.05) is 6.54 Å². The summed E-state index contributed by atoms with van der Waals surface area (Å²) in [5.74, 6) is -0.311. The van der Waals surface area contributed by atoms with Crippen LogP contribution < -0.4 is 5.32 Å². The van der Waals surface area contributed by atoms with Gasteiger partial charge in [0.2, 0.25) is 0 Å². The lowest BCUT2D eigenvalue weighted by molar-refractivity contribution is -0.140. The van der Waals surface area contributed by atoms with Crippen molar-refractivity contribution in [3.05, 3.63) is 0 Å². The van der Waals surface area contributed by atoms with Gasteiger partial charge in [0.15, 0.2) is 0 Å². The van der Waals surface area contributed by atoms with Crippen LogP contribution in [0.4, 0.5) is 0 Å². The lowest BCUT2D eigenvalue weighted by Crippen LogP contribution is -2.39. The molecule has 1 aliphatic carbocycles. The van der Waals surface area contributed by atoms with Crippen LogP contribution in [-0.2, 0) is 4.79 Å². The fourth-order valence-corrected chi connectivity index (χ4v) is 1.49. The van der Waals surface area contributed by atoms with Gasteiger partial charge in [0, 0.05) is 0 Å². The van der Waals surface area contributed by atoms with Crippen LogP contribution in [0.1, 0.15) is 40.0 Å². The molecule has 1 aliphatic rings. The molecule has 82 valence electrons. The molecule has 0 aromatic heterocycles. The number of carboxylic acid groups (broad SMARTS) is 1. The molecule has 0 spiro atoms. The lowest BCUT2D eigenvalue weighted by atomic mass is 9.92. The minimum Gasteiger partial charge on any atom is -0.480 e. The Labute approximate surface area is 85.9 Å². The maximum atomic E-state index is 10.9. The second-order valence-electron chi connectivity index (χ2n) is 5.42. The van der Waals surface area contributed by atoms with Gasteiger partial charge in [0.1, 0.15) is 6.04 Å². The highest BCUT2D eigenvalue weighted by molar-refractivity contribution is 5.74. The van der Waals surface area contributed by atoms with Gasteiger partial charge in [0.25, 0.3) is 0 Å². The van der Waals surface area contributed by atoms with Crippen LogP contribution in [0.5, 0.6) is 0 Å². The molecule has 3 heteroatoms. The van der Waals surface area contributed by atoms with Crippen LogP contribution >= 0.6 is 0 Å². The Bertz CT molecular complexity index is 204. The summed E-state index contributed by atoms with van der Waals surface area (Å²) in [4.78, 5) is 10.9. The van der Waals surface area contributed by atoms with Crippen molar-refractivity contribution >= 4 is 5.97 Å². The van der Waals surface area contributed by atoms with Gasteiger partial charge < -0.3 is 10.4 Å². The summed E-state index contributed by atoms with van der Waals surface area (Å²) in [7, 11) is 0. The van der Waals surface area contributed by atoms with Gasteiger partial charge in [-0.1, -0.05) is 20.8 Å². The molecular formula is C11H21NO2. The summed E-state index contributed by atoms with van der Waals surface area (Å²) in [6.07, 6.45) is 3.16. The number of carbonyl (C=O) groups is 1. The Morgan fingerprint density at radius 3 is 2.43 bits per heavy atom. The van der Waals surface area contributed by atoms with E-state index in [1.165, 1.54) is 0 Å². The molecule has 0 saturated heterocycles. The predicted molar refractivity (Wildman–Crippen MR) is 56.2 cm³/mol. The van der Waals surface area contributed by atoms with E-state index < -0.39 is 5.97 Å². The molecule has 1 rings (SSSR count). The Morgan fingerprint density at radius 1 is 1.50 bits per heavy atom. The molecule has 0 aromatic carbocycles. The van der Waals surface area contributed by atoms with Crippen LogP contribution in [0.3, 0.4) is 0 Å². The highest BCUT2D eigenvalue weighted by atomic mass is 16.4. The van der Waals surface area contributed by atoms with Crippen LogP contribution in [0.25, 0.3) is 0 Å². The van der Waals surface area contributed by atoms with E-state index >= 15 is 0 Å². The van der Waals surface area contributed by atoms with E-state index in [0.717, 1.165) is 25.8 Å². The second-order valence-corrected chi connectivity index (χ2v) is 5.42. The van der Waals surface area contributed by atoms with E-state index in [0.29, 0.717) is 5.92 Å². The molecule has 0 heterocycles. The highest BCUT2D eigenvalue weighted by Gasteiger charge is 2.35. The number of rotatable bonds is 5. The number of hydrogen-bond donors (Lipinski definition) is 2. The van der Waals surface area contributed by atoms with Gasteiger partial charge in [-0.05, 0) is 37.1 Å². The molecule has 1 atom stereocenters. The first kappa shape index (κ1) is 11.5. The Hall–Kier alpha value is -0.570. The van der Waals surface area contributed by atoms with Crippen molar-refractivity contribution in [2.24, 2.45) is 11.3 Å². The molecule has 0 amide bonds. The fraction of sp³-hybridized carbons (Fsp3) is 0.909. The van der Waals surface area contributed by atoms with E-state index in [9.17, 15) is 4.79 Å². The topological polar surface area (TPSA) is 49.3 Å². The highest BCUT2D eigenvalue weighted by Crippen LogP contribution is 2.32. The molecule has 0 aromatic rings. The van der Waals surface area contributed by atoms with Crippen molar-refractivity contribution in [1.82, 2.24) is 5.32 Å². The Kier molecular flexibility index (Phi) is 3.53. The number of aliphatic carboxylic acids is 1. The molecule has 0 aliphatic heterocycles. The summed E-state index contributed by atoms with van der Waals surface area (Å²) < 4.78 is 0. The van der Waals surface area contributed by atoms with Crippen molar-refractivity contribution in [3.8, 4) is 0 Å². The minimum absolute atomic E-state index is 0.277. The molecule has 1 saturated carbocycles. The average molecular weight is 199 g/mol. The van der Waals surface area contributed by atoms with Gasteiger partial charge in [0.05, 0.1) is 0 Å². The van der Waals surface area contributed by atoms with Crippen molar-refractivity contribution in [1.29, 1.82) is 0 Å². The SMILES string of the molecule is CC(C)(C)CCNC(C(=O)O)C1CC1. The molecule has 14 heavy (non-hydrogen) atoms. The van der Waals surface area contributed by atoms with Crippen LogP contribution in [0.15, 0.2) is 0 Å². The van der Waals surface area contributed by atoms with Crippen LogP contribution in [0, 0.1) is 11.3 Å². The molecule has 0 bridgehead atoms. The van der Waals surface area contributed by atoms with E-state index in [4.69, 9.17) is 5.11 Å². The molecular weight excluding hydrogens is 178 g/mol. The van der Waals surface area contributed by atoms with E-state index in [1.807, 2.05) is 0 Å². The van der Waals surface area contributed by atoms with Gasteiger partial charge in [-0.2, -0.15) is 0 Å². The van der Waals surface area contributed by atoms with Gasteiger partial charge in [-0.25, -0.2) is 0 Å². The summed E-state index contributed by atoms with van der Waals surface area (Å²) in [6, 6.07) is -0.308. The zero-order valence-electron chi connectivity index (χ0n) is 9.34. The van der Waals surface area contributed by atoms with E-state index in [1.54, 1.807) is 0 Å². The molecule has 2 N–H and O–H groups in total. The third-order valence-corrected chi connectivity index (χ3v) is 2.60. The maximum Gasteiger partial charge on any atom is 0.320 e. The normalized spacial score (nSPS) is 19.4. The maximum absolute atomic E-state index is 10.9. The average Bonchev–Trinajstić information content (AvgIpc) is 2.77. The fourth-order valence-electron chi connectivity index (χ4n) is 1.49. The molecule has 0 radical (unpaired) electrons. The van der Waals surface area contributed by atoms with Crippen molar-refractivity contribution in [2.45, 2.75) is 46.1 Å². The zero-order valence-corrected chi connectivity index (χ0v) is 9.34. The Balaban J connectivity index is 2.24. The summed E-state index contributed by atoms with van der Waals surface area (Å²) in [6.45, 7) is 7.31. The first-order valence-corrected chi connectivity index (χ1v) is 5.36. The number of carboxylic acids is 1. The molecule has 1 fully saturated rings. The third kappa shape index (κ3) is 4.09. The van der Waals surface area contributed by atoms with Crippen molar-refractivity contribution in [3.63, 3.8) is 0 Å². The monoisotopic (exact) mass is 199 g/mol. The number of hydrogen-bond acceptors (Lipinski definition) is 2. The lowest BCUT2D eigenvalue weighted by Gasteiger charge is -2.20. The van der Waals surface area contributed by atoms with Gasteiger partial charge in [-0.3, -0.25) is 4.79 Å². The predicted octanol–water partition coefficient (Wildman–Crippen LogP) is 1.88. The minimum atomic E-state index is -0.693. The van der Waals surface area contributed by atoms with Gasteiger partial charge >= 0.3 is 5.97 Å². The quantitative estimate of drug-likeness (QED) is 0.710. The zero-order chi connectivity index (χ0) is 10.8. The standard InChI is InChI=1S/C11H21NO2/c1-11(2,3)6-7-12-9(10(13)14)8-4-5-8/h8-9,12H,4-7H2,1-3H3,(H,13,14). The van der Waals surface area contributed by atoms with Gasteiger partial charge in [-0.15, -0.1) is 0 Å². The first-order chi connectivity index (χ1) is 6.40. The Morgan fingerprint density at radius 2 is 2.07 bits per heavy atom. The smallest absolute Gasteiger partial charge is 0.320 e. The third-order valence-electron chi connectivity index (χ3n) is 2.60. The summed E-state index contributed by atoms with van der Waals surface area (Å²) in [5, 5.41) is 12.1.